The molecule has 4 heteroatoms. The number of hydrogen-bond acceptors (Lipinski definition) is 2. The quantitative estimate of drug-likeness (QED) is 0.876. The number of hydrogen-bond donors (Lipinski definition) is 2. The molecular formula is C17H23NO3. The molecule has 1 aromatic rings. The molecule has 0 aliphatic heterocycles. The summed E-state index contributed by atoms with van der Waals surface area (Å²) in [6.45, 7) is 5.84. The van der Waals surface area contributed by atoms with E-state index in [-0.39, 0.29) is 35.6 Å². The fourth-order valence-corrected chi connectivity index (χ4v) is 2.58. The molecule has 4 nitrogen and oxygen atoms in total. The van der Waals surface area contributed by atoms with E-state index in [4.69, 9.17) is 5.11 Å². The number of carboxylic acids is 1. The number of carboxylic acid groups (broad SMARTS) is 1. The van der Waals surface area contributed by atoms with E-state index < -0.39 is 5.97 Å². The number of carbonyl (C=O) groups is 2. The standard InChI is InChI=1S/C17H23NO3/c1-17(2,3)14(10-15(19)20)18-16(21)13-9-12(13)11-7-5-4-6-8-11/h4-8,12-14H,9-10H2,1-3H3,(H,18,21)(H,19,20). The molecular weight excluding hydrogens is 266 g/mol. The van der Waals surface area contributed by atoms with Crippen LogP contribution in [0.15, 0.2) is 30.3 Å². The summed E-state index contributed by atoms with van der Waals surface area (Å²) in [6, 6.07) is 9.64. The minimum absolute atomic E-state index is 0.0222. The van der Waals surface area contributed by atoms with Gasteiger partial charge in [0.05, 0.1) is 6.42 Å². The van der Waals surface area contributed by atoms with Crippen LogP contribution in [-0.2, 0) is 9.59 Å². The van der Waals surface area contributed by atoms with Crippen molar-refractivity contribution in [2.24, 2.45) is 11.3 Å². The van der Waals surface area contributed by atoms with Crippen molar-refractivity contribution in [3.63, 3.8) is 0 Å². The molecule has 1 amide bonds. The van der Waals surface area contributed by atoms with Gasteiger partial charge in [-0.3, -0.25) is 9.59 Å². The molecule has 1 saturated carbocycles. The maximum Gasteiger partial charge on any atom is 0.305 e. The molecule has 1 aliphatic rings. The first-order valence-corrected chi connectivity index (χ1v) is 7.36. The Balaban J connectivity index is 1.97. The molecule has 1 aromatic carbocycles. The van der Waals surface area contributed by atoms with Crippen molar-refractivity contribution < 1.29 is 14.7 Å². The van der Waals surface area contributed by atoms with Crippen LogP contribution in [0, 0.1) is 11.3 Å². The molecule has 1 aliphatic carbocycles. The van der Waals surface area contributed by atoms with Gasteiger partial charge >= 0.3 is 5.97 Å². The molecule has 0 bridgehead atoms. The van der Waals surface area contributed by atoms with Gasteiger partial charge in [-0.25, -0.2) is 0 Å². The maximum atomic E-state index is 12.3. The smallest absolute Gasteiger partial charge is 0.305 e. The van der Waals surface area contributed by atoms with Crippen LogP contribution in [0.2, 0.25) is 0 Å². The van der Waals surface area contributed by atoms with Gasteiger partial charge in [-0.05, 0) is 23.3 Å². The highest BCUT2D eigenvalue weighted by molar-refractivity contribution is 5.83. The fraction of sp³-hybridized carbons (Fsp3) is 0.529. The zero-order chi connectivity index (χ0) is 15.6. The van der Waals surface area contributed by atoms with Gasteiger partial charge in [0.2, 0.25) is 5.91 Å². The summed E-state index contributed by atoms with van der Waals surface area (Å²) in [5.41, 5.74) is 0.911. The summed E-state index contributed by atoms with van der Waals surface area (Å²) in [5.74, 6) is -0.654. The molecule has 114 valence electrons. The molecule has 0 saturated heterocycles. The predicted octanol–water partition coefficient (Wildman–Crippen LogP) is 2.80. The van der Waals surface area contributed by atoms with Crippen LogP contribution >= 0.6 is 0 Å². The van der Waals surface area contributed by atoms with Gasteiger partial charge in [0.25, 0.3) is 0 Å². The first kappa shape index (κ1) is 15.5. The summed E-state index contributed by atoms with van der Waals surface area (Å²) >= 11 is 0. The monoisotopic (exact) mass is 289 g/mol. The van der Waals surface area contributed by atoms with Crippen LogP contribution in [0.4, 0.5) is 0 Å². The lowest BCUT2D eigenvalue weighted by Crippen LogP contribution is -2.45. The highest BCUT2D eigenvalue weighted by Crippen LogP contribution is 2.47. The number of rotatable bonds is 5. The van der Waals surface area contributed by atoms with Gasteiger partial charge < -0.3 is 10.4 Å². The second-order valence-corrected chi connectivity index (χ2v) is 6.88. The Bertz CT molecular complexity index is 519. The first-order valence-electron chi connectivity index (χ1n) is 7.36. The zero-order valence-corrected chi connectivity index (χ0v) is 12.8. The van der Waals surface area contributed by atoms with Crippen molar-refractivity contribution in [1.29, 1.82) is 0 Å². The molecule has 1 fully saturated rings. The largest absolute Gasteiger partial charge is 0.481 e. The van der Waals surface area contributed by atoms with Gasteiger partial charge in [-0.15, -0.1) is 0 Å². The molecule has 2 rings (SSSR count). The average Bonchev–Trinajstić information content (AvgIpc) is 3.17. The number of benzene rings is 1. The highest BCUT2D eigenvalue weighted by atomic mass is 16.4. The Morgan fingerprint density at radius 3 is 2.43 bits per heavy atom. The van der Waals surface area contributed by atoms with Crippen molar-refractivity contribution in [3.05, 3.63) is 35.9 Å². The Labute approximate surface area is 125 Å². The van der Waals surface area contributed by atoms with Crippen LogP contribution in [0.1, 0.15) is 45.1 Å². The van der Waals surface area contributed by atoms with Crippen molar-refractivity contribution in [2.75, 3.05) is 0 Å². The summed E-state index contributed by atoms with van der Waals surface area (Å²) in [4.78, 5) is 23.3. The maximum absolute atomic E-state index is 12.3. The summed E-state index contributed by atoms with van der Waals surface area (Å²) in [5, 5.41) is 11.9. The Kier molecular flexibility index (Phi) is 4.35. The summed E-state index contributed by atoms with van der Waals surface area (Å²) < 4.78 is 0. The van der Waals surface area contributed by atoms with Crippen molar-refractivity contribution in [2.45, 2.75) is 45.6 Å². The number of nitrogens with one attached hydrogen (secondary N) is 1. The van der Waals surface area contributed by atoms with Crippen molar-refractivity contribution in [3.8, 4) is 0 Å². The van der Waals surface area contributed by atoms with E-state index in [1.807, 2.05) is 51.1 Å². The van der Waals surface area contributed by atoms with Gasteiger partial charge in [0, 0.05) is 12.0 Å². The number of carbonyl (C=O) groups excluding carboxylic acids is 1. The summed E-state index contributed by atoms with van der Waals surface area (Å²) in [7, 11) is 0. The third-order valence-electron chi connectivity index (χ3n) is 4.10. The van der Waals surface area contributed by atoms with Crippen LogP contribution in [0.3, 0.4) is 0 Å². The van der Waals surface area contributed by atoms with E-state index in [0.717, 1.165) is 6.42 Å². The predicted molar refractivity (Wildman–Crippen MR) is 80.9 cm³/mol. The number of aliphatic carboxylic acids is 1. The van der Waals surface area contributed by atoms with E-state index in [2.05, 4.69) is 5.32 Å². The second kappa shape index (κ2) is 5.88. The molecule has 0 spiro atoms. The second-order valence-electron chi connectivity index (χ2n) is 6.88. The lowest BCUT2D eigenvalue weighted by atomic mass is 9.84. The van der Waals surface area contributed by atoms with E-state index in [1.54, 1.807) is 0 Å². The third-order valence-corrected chi connectivity index (χ3v) is 4.10. The van der Waals surface area contributed by atoms with E-state index in [0.29, 0.717) is 0 Å². The molecule has 3 unspecified atom stereocenters. The molecule has 0 aromatic heterocycles. The lowest BCUT2D eigenvalue weighted by molar-refractivity contribution is -0.138. The van der Waals surface area contributed by atoms with Crippen LogP contribution in [-0.4, -0.2) is 23.0 Å². The van der Waals surface area contributed by atoms with E-state index >= 15 is 0 Å². The van der Waals surface area contributed by atoms with Gasteiger partial charge in [0.15, 0.2) is 0 Å². The molecule has 3 atom stereocenters. The van der Waals surface area contributed by atoms with E-state index in [9.17, 15) is 9.59 Å². The molecule has 21 heavy (non-hydrogen) atoms. The Morgan fingerprint density at radius 2 is 1.90 bits per heavy atom. The minimum atomic E-state index is -0.884. The Morgan fingerprint density at radius 1 is 1.29 bits per heavy atom. The molecule has 2 N–H and O–H groups in total. The molecule has 0 heterocycles. The van der Waals surface area contributed by atoms with Crippen molar-refractivity contribution in [1.82, 2.24) is 5.32 Å². The van der Waals surface area contributed by atoms with Gasteiger partial charge in [-0.2, -0.15) is 0 Å². The lowest BCUT2D eigenvalue weighted by Gasteiger charge is -2.30. The number of amides is 1. The van der Waals surface area contributed by atoms with E-state index in [1.165, 1.54) is 5.56 Å². The zero-order valence-electron chi connectivity index (χ0n) is 12.8. The SMILES string of the molecule is CC(C)(C)C(CC(=O)O)NC(=O)C1CC1c1ccccc1. The van der Waals surface area contributed by atoms with Crippen LogP contribution in [0.25, 0.3) is 0 Å². The van der Waals surface area contributed by atoms with Gasteiger partial charge in [-0.1, -0.05) is 51.1 Å². The van der Waals surface area contributed by atoms with Gasteiger partial charge in [0.1, 0.15) is 0 Å². The summed E-state index contributed by atoms with van der Waals surface area (Å²) in [6.07, 6.45) is 0.803. The third kappa shape index (κ3) is 4.06. The van der Waals surface area contributed by atoms with Crippen LogP contribution in [0.5, 0.6) is 0 Å². The minimum Gasteiger partial charge on any atom is -0.481 e. The van der Waals surface area contributed by atoms with Crippen LogP contribution < -0.4 is 5.32 Å². The van der Waals surface area contributed by atoms with Crippen molar-refractivity contribution >= 4 is 11.9 Å². The highest BCUT2D eigenvalue weighted by Gasteiger charge is 2.45. The topological polar surface area (TPSA) is 66.4 Å². The normalized spacial score (nSPS) is 22.4. The Hall–Kier alpha value is -1.84. The average molecular weight is 289 g/mol. The fourth-order valence-electron chi connectivity index (χ4n) is 2.58. The first-order chi connectivity index (χ1) is 9.79. The molecule has 0 radical (unpaired) electrons.